The maximum atomic E-state index is 8.48. The van der Waals surface area contributed by atoms with Gasteiger partial charge in [-0.3, -0.25) is 0 Å². The van der Waals surface area contributed by atoms with Crippen LogP contribution >= 0.6 is 11.3 Å². The third kappa shape index (κ3) is 2.69. The van der Waals surface area contributed by atoms with Crippen LogP contribution in [0.15, 0.2) is 24.1 Å². The summed E-state index contributed by atoms with van der Waals surface area (Å²) in [6, 6.07) is 4.15. The van der Waals surface area contributed by atoms with E-state index in [9.17, 15) is 0 Å². The number of nitrogens with two attached hydrogens (primary N) is 1. The van der Waals surface area contributed by atoms with Crippen LogP contribution in [0.2, 0.25) is 0 Å². The zero-order valence-corrected chi connectivity index (χ0v) is 8.18. The third-order valence-electron chi connectivity index (χ3n) is 1.78. The first-order chi connectivity index (χ1) is 6.27. The number of rotatable bonds is 4. The molecule has 0 saturated carbocycles. The summed E-state index contributed by atoms with van der Waals surface area (Å²) in [5, 5.41) is 10.5. The number of hydrogen-bond acceptors (Lipinski definition) is 3. The van der Waals surface area contributed by atoms with Gasteiger partial charge in [0, 0.05) is 10.9 Å². The lowest BCUT2D eigenvalue weighted by Gasteiger charge is -2.04. The Morgan fingerprint density at radius 1 is 1.77 bits per heavy atom. The fourth-order valence-electron chi connectivity index (χ4n) is 1.08. The fourth-order valence-corrected chi connectivity index (χ4v) is 1.96. The summed E-state index contributed by atoms with van der Waals surface area (Å²) < 4.78 is 0. The van der Waals surface area contributed by atoms with Gasteiger partial charge in [0.05, 0.1) is 12.5 Å². The first-order valence-electron chi connectivity index (χ1n) is 4.08. The molecule has 1 heterocycles. The van der Waals surface area contributed by atoms with Crippen molar-refractivity contribution in [1.29, 1.82) is 5.26 Å². The van der Waals surface area contributed by atoms with Gasteiger partial charge in [-0.2, -0.15) is 5.26 Å². The summed E-state index contributed by atoms with van der Waals surface area (Å²) in [5.41, 5.74) is 6.97. The van der Waals surface area contributed by atoms with Gasteiger partial charge in [-0.1, -0.05) is 6.08 Å². The van der Waals surface area contributed by atoms with Gasteiger partial charge in [-0.05, 0) is 23.4 Å². The van der Waals surface area contributed by atoms with Crippen molar-refractivity contribution in [2.24, 2.45) is 5.73 Å². The first-order valence-corrected chi connectivity index (χ1v) is 4.96. The molecule has 0 spiro atoms. The third-order valence-corrected chi connectivity index (χ3v) is 2.73. The predicted octanol–water partition coefficient (Wildman–Crippen LogP) is 2.39. The van der Waals surface area contributed by atoms with Crippen molar-refractivity contribution in [3.8, 4) is 6.07 Å². The molecule has 0 bridgehead atoms. The Labute approximate surface area is 82.3 Å². The monoisotopic (exact) mass is 192 g/mol. The summed E-state index contributed by atoms with van der Waals surface area (Å²) in [6.45, 7) is 3.64. The van der Waals surface area contributed by atoms with E-state index in [0.29, 0.717) is 6.42 Å². The molecule has 13 heavy (non-hydrogen) atoms. The van der Waals surface area contributed by atoms with Gasteiger partial charge in [0.2, 0.25) is 0 Å². The van der Waals surface area contributed by atoms with E-state index < -0.39 is 0 Å². The topological polar surface area (TPSA) is 49.8 Å². The van der Waals surface area contributed by atoms with Gasteiger partial charge in [0.25, 0.3) is 0 Å². The lowest BCUT2D eigenvalue weighted by molar-refractivity contribution is 0.744. The Hall–Kier alpha value is -1.11. The molecule has 1 unspecified atom stereocenters. The van der Waals surface area contributed by atoms with E-state index in [4.69, 9.17) is 11.0 Å². The van der Waals surface area contributed by atoms with Crippen LogP contribution in [-0.2, 0) is 6.42 Å². The Morgan fingerprint density at radius 3 is 3.15 bits per heavy atom. The van der Waals surface area contributed by atoms with Gasteiger partial charge in [-0.15, -0.1) is 17.9 Å². The summed E-state index contributed by atoms with van der Waals surface area (Å²) in [6.07, 6.45) is 3.07. The summed E-state index contributed by atoms with van der Waals surface area (Å²) in [5.74, 6) is 0. The molecule has 0 amide bonds. The minimum absolute atomic E-state index is 0.0289. The molecular formula is C10H12N2S. The molecule has 0 radical (unpaired) electrons. The molecule has 2 N–H and O–H groups in total. The molecule has 1 aromatic rings. The van der Waals surface area contributed by atoms with E-state index in [1.807, 2.05) is 17.5 Å². The quantitative estimate of drug-likeness (QED) is 0.745. The molecule has 0 saturated heterocycles. The number of nitriles is 1. The van der Waals surface area contributed by atoms with Gasteiger partial charge in [0.15, 0.2) is 0 Å². The van der Waals surface area contributed by atoms with E-state index in [0.717, 1.165) is 16.9 Å². The highest BCUT2D eigenvalue weighted by molar-refractivity contribution is 7.10. The smallest absolute Gasteiger partial charge is 0.0695 e. The van der Waals surface area contributed by atoms with Crippen molar-refractivity contribution < 1.29 is 0 Å². The fraction of sp³-hybridized carbons (Fsp3) is 0.300. The maximum absolute atomic E-state index is 8.48. The molecule has 0 aromatic carbocycles. The summed E-state index contributed by atoms with van der Waals surface area (Å²) in [7, 11) is 0. The zero-order valence-electron chi connectivity index (χ0n) is 7.36. The zero-order chi connectivity index (χ0) is 9.68. The SMILES string of the molecule is C=CCC(N)c1csc(CC#N)c1. The minimum Gasteiger partial charge on any atom is -0.324 e. The van der Waals surface area contributed by atoms with Gasteiger partial charge in [0.1, 0.15) is 0 Å². The normalized spacial score (nSPS) is 12.0. The Balaban J connectivity index is 2.68. The highest BCUT2D eigenvalue weighted by Gasteiger charge is 2.06. The summed E-state index contributed by atoms with van der Waals surface area (Å²) >= 11 is 1.59. The van der Waals surface area contributed by atoms with Gasteiger partial charge < -0.3 is 5.73 Å². The molecular weight excluding hydrogens is 180 g/mol. The van der Waals surface area contributed by atoms with E-state index >= 15 is 0 Å². The number of hydrogen-bond donors (Lipinski definition) is 1. The van der Waals surface area contributed by atoms with Crippen molar-refractivity contribution in [3.63, 3.8) is 0 Å². The second-order valence-electron chi connectivity index (χ2n) is 2.81. The predicted molar refractivity (Wildman–Crippen MR) is 55.4 cm³/mol. The van der Waals surface area contributed by atoms with Crippen LogP contribution in [0.25, 0.3) is 0 Å². The lowest BCUT2D eigenvalue weighted by Crippen LogP contribution is -2.07. The van der Waals surface area contributed by atoms with Crippen LogP contribution in [-0.4, -0.2) is 0 Å². The number of nitrogens with zero attached hydrogens (tertiary/aromatic N) is 1. The molecule has 1 rings (SSSR count). The highest BCUT2D eigenvalue weighted by Crippen LogP contribution is 2.21. The maximum Gasteiger partial charge on any atom is 0.0695 e. The molecule has 1 aromatic heterocycles. The van der Waals surface area contributed by atoms with Crippen molar-refractivity contribution in [2.75, 3.05) is 0 Å². The Kier molecular flexibility index (Phi) is 3.69. The molecule has 2 nitrogen and oxygen atoms in total. The molecule has 0 aliphatic heterocycles. The summed E-state index contributed by atoms with van der Waals surface area (Å²) in [4.78, 5) is 1.08. The standard InChI is InChI=1S/C10H12N2S/c1-2-3-10(12)8-6-9(4-5-11)13-7-8/h2,6-7,10H,1,3-4,12H2. The minimum atomic E-state index is 0.0289. The second kappa shape index (κ2) is 4.80. The average molecular weight is 192 g/mol. The van der Waals surface area contributed by atoms with Crippen LogP contribution in [0.3, 0.4) is 0 Å². The Bertz CT molecular complexity index is 322. The van der Waals surface area contributed by atoms with Crippen molar-refractivity contribution in [2.45, 2.75) is 18.9 Å². The molecule has 0 fully saturated rings. The van der Waals surface area contributed by atoms with Gasteiger partial charge >= 0.3 is 0 Å². The van der Waals surface area contributed by atoms with Crippen LogP contribution in [0.1, 0.15) is 22.9 Å². The van der Waals surface area contributed by atoms with Crippen LogP contribution in [0.5, 0.6) is 0 Å². The Morgan fingerprint density at radius 2 is 2.54 bits per heavy atom. The van der Waals surface area contributed by atoms with Crippen molar-refractivity contribution in [3.05, 3.63) is 34.5 Å². The molecule has 0 aliphatic carbocycles. The van der Waals surface area contributed by atoms with E-state index in [1.54, 1.807) is 11.3 Å². The van der Waals surface area contributed by atoms with Crippen molar-refractivity contribution >= 4 is 11.3 Å². The first kappa shape index (κ1) is 9.97. The number of thiophene rings is 1. The van der Waals surface area contributed by atoms with E-state index in [-0.39, 0.29) is 6.04 Å². The van der Waals surface area contributed by atoms with Crippen LogP contribution < -0.4 is 5.73 Å². The largest absolute Gasteiger partial charge is 0.324 e. The van der Waals surface area contributed by atoms with Crippen LogP contribution in [0.4, 0.5) is 0 Å². The highest BCUT2D eigenvalue weighted by atomic mass is 32.1. The van der Waals surface area contributed by atoms with Gasteiger partial charge in [-0.25, -0.2) is 0 Å². The molecule has 68 valence electrons. The average Bonchev–Trinajstić information content (AvgIpc) is 2.54. The van der Waals surface area contributed by atoms with E-state index in [1.165, 1.54) is 0 Å². The molecule has 0 aliphatic rings. The molecule has 3 heteroatoms. The molecule has 1 atom stereocenters. The van der Waals surface area contributed by atoms with E-state index in [2.05, 4.69) is 12.6 Å². The second-order valence-corrected chi connectivity index (χ2v) is 3.81. The van der Waals surface area contributed by atoms with Crippen molar-refractivity contribution in [1.82, 2.24) is 0 Å². The van der Waals surface area contributed by atoms with Crippen LogP contribution in [0, 0.1) is 11.3 Å². The lowest BCUT2D eigenvalue weighted by atomic mass is 10.1.